The minimum atomic E-state index is -4.42. The number of halogens is 3. The Morgan fingerprint density at radius 1 is 1.35 bits per heavy atom. The summed E-state index contributed by atoms with van der Waals surface area (Å²) in [6.45, 7) is 0. The van der Waals surface area contributed by atoms with Gasteiger partial charge in [-0.3, -0.25) is 0 Å². The number of alkyl halides is 3. The van der Waals surface area contributed by atoms with Gasteiger partial charge in [-0.05, 0) is 18.9 Å². The predicted molar refractivity (Wildman–Crippen MR) is 57.7 cm³/mol. The Morgan fingerprint density at radius 2 is 2.00 bits per heavy atom. The van der Waals surface area contributed by atoms with Crippen molar-refractivity contribution in [3.8, 4) is 18.1 Å². The fourth-order valence-corrected chi connectivity index (χ4v) is 1.97. The maximum atomic E-state index is 12.8. The fraction of sp³-hybridized carbons (Fsp3) is 0.385. The van der Waals surface area contributed by atoms with Crippen LogP contribution in [0.1, 0.15) is 24.0 Å². The van der Waals surface area contributed by atoms with Crippen LogP contribution < -0.4 is 4.74 Å². The normalized spacial score (nSPS) is 17.4. The summed E-state index contributed by atoms with van der Waals surface area (Å²) in [5.41, 5.74) is -0.858. The van der Waals surface area contributed by atoms with Crippen LogP contribution in [0.3, 0.4) is 0 Å². The number of para-hydroxylation sites is 1. The molecule has 90 valence electrons. The standard InChI is InChI=1S/C13H11F3O/c1-3-12(7-8-12)9-5-4-6-10(11(9)17-2)13(14,15)16/h1,4-6H,7-8H2,2H3. The number of rotatable bonds is 2. The van der Waals surface area contributed by atoms with E-state index in [0.29, 0.717) is 18.4 Å². The van der Waals surface area contributed by atoms with E-state index in [9.17, 15) is 13.2 Å². The fourth-order valence-electron chi connectivity index (χ4n) is 1.97. The molecule has 0 saturated heterocycles. The lowest BCUT2D eigenvalue weighted by atomic mass is 9.93. The average molecular weight is 240 g/mol. The van der Waals surface area contributed by atoms with Gasteiger partial charge >= 0.3 is 6.18 Å². The molecule has 0 radical (unpaired) electrons. The Balaban J connectivity index is 2.60. The molecular weight excluding hydrogens is 229 g/mol. The van der Waals surface area contributed by atoms with Crippen molar-refractivity contribution in [2.24, 2.45) is 0 Å². The third-order valence-corrected chi connectivity index (χ3v) is 3.07. The molecule has 1 nitrogen and oxygen atoms in total. The van der Waals surface area contributed by atoms with E-state index in [1.54, 1.807) is 6.07 Å². The zero-order valence-electron chi connectivity index (χ0n) is 9.27. The number of hydrogen-bond acceptors (Lipinski definition) is 1. The van der Waals surface area contributed by atoms with Crippen molar-refractivity contribution in [3.05, 3.63) is 29.3 Å². The highest BCUT2D eigenvalue weighted by atomic mass is 19.4. The van der Waals surface area contributed by atoms with Crippen LogP contribution in [-0.2, 0) is 11.6 Å². The third kappa shape index (κ3) is 1.86. The smallest absolute Gasteiger partial charge is 0.419 e. The quantitative estimate of drug-likeness (QED) is 0.720. The molecule has 0 aromatic heterocycles. The van der Waals surface area contributed by atoms with E-state index in [-0.39, 0.29) is 5.75 Å². The van der Waals surface area contributed by atoms with E-state index in [4.69, 9.17) is 11.2 Å². The summed E-state index contributed by atoms with van der Waals surface area (Å²) in [5, 5.41) is 0. The van der Waals surface area contributed by atoms with Crippen molar-refractivity contribution < 1.29 is 17.9 Å². The summed E-state index contributed by atoms with van der Waals surface area (Å²) < 4.78 is 43.3. The molecular formula is C13H11F3O. The lowest BCUT2D eigenvalue weighted by Crippen LogP contribution is -2.12. The van der Waals surface area contributed by atoms with Crippen LogP contribution in [0.4, 0.5) is 13.2 Å². The van der Waals surface area contributed by atoms with E-state index in [1.165, 1.54) is 13.2 Å². The number of ether oxygens (including phenoxy) is 1. The van der Waals surface area contributed by atoms with Gasteiger partial charge in [-0.1, -0.05) is 18.1 Å². The lowest BCUT2D eigenvalue weighted by molar-refractivity contribution is -0.138. The minimum Gasteiger partial charge on any atom is -0.496 e. The largest absolute Gasteiger partial charge is 0.496 e. The summed E-state index contributed by atoms with van der Waals surface area (Å²) >= 11 is 0. The Labute approximate surface area is 97.6 Å². The Bertz CT molecular complexity index is 478. The minimum absolute atomic E-state index is 0.143. The molecule has 0 unspecified atom stereocenters. The van der Waals surface area contributed by atoms with E-state index in [0.717, 1.165) is 6.07 Å². The summed E-state index contributed by atoms with van der Waals surface area (Å²) in [4.78, 5) is 0. The predicted octanol–water partition coefficient (Wildman–Crippen LogP) is 3.38. The first-order valence-electron chi connectivity index (χ1n) is 5.17. The van der Waals surface area contributed by atoms with Gasteiger partial charge in [0.15, 0.2) is 0 Å². The SMILES string of the molecule is C#CC1(c2cccc(C(F)(F)F)c2OC)CC1. The average Bonchev–Trinajstić information content (AvgIpc) is 3.07. The topological polar surface area (TPSA) is 9.23 Å². The zero-order chi connectivity index (χ0) is 12.7. The number of hydrogen-bond donors (Lipinski definition) is 0. The number of terminal acetylenes is 1. The second-order valence-electron chi connectivity index (χ2n) is 4.11. The van der Waals surface area contributed by atoms with Crippen LogP contribution in [0, 0.1) is 12.3 Å². The molecule has 1 saturated carbocycles. The second kappa shape index (κ2) is 3.69. The lowest BCUT2D eigenvalue weighted by Gasteiger charge is -2.18. The monoisotopic (exact) mass is 240 g/mol. The van der Waals surface area contributed by atoms with Crippen LogP contribution in [0.25, 0.3) is 0 Å². The molecule has 2 rings (SSSR count). The molecule has 0 spiro atoms. The van der Waals surface area contributed by atoms with Gasteiger partial charge in [-0.2, -0.15) is 13.2 Å². The molecule has 17 heavy (non-hydrogen) atoms. The highest BCUT2D eigenvalue weighted by molar-refractivity contribution is 5.53. The highest BCUT2D eigenvalue weighted by Gasteiger charge is 2.47. The van der Waals surface area contributed by atoms with Crippen LogP contribution in [-0.4, -0.2) is 7.11 Å². The van der Waals surface area contributed by atoms with Gasteiger partial charge in [0.25, 0.3) is 0 Å². The number of benzene rings is 1. The first kappa shape index (κ1) is 11.8. The molecule has 0 amide bonds. The first-order chi connectivity index (χ1) is 7.94. The maximum Gasteiger partial charge on any atom is 0.419 e. The van der Waals surface area contributed by atoms with Gasteiger partial charge in [0.2, 0.25) is 0 Å². The zero-order valence-corrected chi connectivity index (χ0v) is 9.27. The molecule has 0 atom stereocenters. The van der Waals surface area contributed by atoms with Crippen molar-refractivity contribution in [1.29, 1.82) is 0 Å². The summed E-state index contributed by atoms with van der Waals surface area (Å²) in [6, 6.07) is 3.99. The number of methoxy groups -OCH3 is 1. The van der Waals surface area contributed by atoms with Gasteiger partial charge in [0.05, 0.1) is 18.1 Å². The Kier molecular flexibility index (Phi) is 2.57. The highest BCUT2D eigenvalue weighted by Crippen LogP contribution is 2.53. The molecule has 1 aromatic carbocycles. The maximum absolute atomic E-state index is 12.8. The van der Waals surface area contributed by atoms with Crippen LogP contribution in [0.5, 0.6) is 5.75 Å². The van der Waals surface area contributed by atoms with Crippen LogP contribution in [0.15, 0.2) is 18.2 Å². The van der Waals surface area contributed by atoms with Crippen molar-refractivity contribution in [2.75, 3.05) is 7.11 Å². The molecule has 1 aliphatic carbocycles. The van der Waals surface area contributed by atoms with Gasteiger partial charge in [0, 0.05) is 5.56 Å². The van der Waals surface area contributed by atoms with E-state index < -0.39 is 17.2 Å². The van der Waals surface area contributed by atoms with Crippen molar-refractivity contribution in [2.45, 2.75) is 24.4 Å². The molecule has 0 N–H and O–H groups in total. The third-order valence-electron chi connectivity index (χ3n) is 3.07. The molecule has 0 bridgehead atoms. The van der Waals surface area contributed by atoms with Gasteiger partial charge in [-0.25, -0.2) is 0 Å². The van der Waals surface area contributed by atoms with Gasteiger partial charge in [0.1, 0.15) is 5.75 Å². The van der Waals surface area contributed by atoms with E-state index >= 15 is 0 Å². The van der Waals surface area contributed by atoms with Crippen molar-refractivity contribution in [1.82, 2.24) is 0 Å². The second-order valence-corrected chi connectivity index (χ2v) is 4.11. The Hall–Kier alpha value is -1.63. The molecule has 1 aromatic rings. The Morgan fingerprint density at radius 3 is 2.41 bits per heavy atom. The molecule has 0 heterocycles. The first-order valence-corrected chi connectivity index (χ1v) is 5.17. The van der Waals surface area contributed by atoms with Crippen molar-refractivity contribution >= 4 is 0 Å². The molecule has 1 aliphatic rings. The van der Waals surface area contributed by atoms with Gasteiger partial charge in [-0.15, -0.1) is 6.42 Å². The van der Waals surface area contributed by atoms with E-state index in [2.05, 4.69) is 5.92 Å². The summed E-state index contributed by atoms with van der Waals surface area (Å²) in [7, 11) is 1.24. The molecule has 1 fully saturated rings. The van der Waals surface area contributed by atoms with E-state index in [1.807, 2.05) is 0 Å². The van der Waals surface area contributed by atoms with Crippen LogP contribution in [0.2, 0.25) is 0 Å². The molecule has 4 heteroatoms. The van der Waals surface area contributed by atoms with Gasteiger partial charge < -0.3 is 4.74 Å². The summed E-state index contributed by atoms with van der Waals surface area (Å²) in [5.74, 6) is 2.43. The van der Waals surface area contributed by atoms with Crippen LogP contribution >= 0.6 is 0 Å². The van der Waals surface area contributed by atoms with Crippen molar-refractivity contribution in [3.63, 3.8) is 0 Å². The molecule has 0 aliphatic heterocycles. The summed E-state index contributed by atoms with van der Waals surface area (Å²) in [6.07, 6.45) is 2.39.